The molecule has 2 aromatic heterocycles. The third-order valence-corrected chi connectivity index (χ3v) is 5.22. The molecule has 0 fully saturated rings. The van der Waals surface area contributed by atoms with Crippen LogP contribution in [0.5, 0.6) is 0 Å². The molecule has 1 amide bonds. The van der Waals surface area contributed by atoms with Gasteiger partial charge in [-0.2, -0.15) is 0 Å². The maximum Gasteiger partial charge on any atom is 0.265 e. The zero-order valence-corrected chi connectivity index (χ0v) is 16.1. The molecular weight excluding hydrogens is 378 g/mol. The molecule has 4 aromatic rings. The van der Waals surface area contributed by atoms with Crippen LogP contribution in [-0.2, 0) is 0 Å². The number of nitrogens with one attached hydrogen (secondary N) is 2. The zero-order chi connectivity index (χ0) is 18.8. The Labute approximate surface area is 165 Å². The molecule has 0 spiro atoms. The fourth-order valence-electron chi connectivity index (χ4n) is 2.85. The summed E-state index contributed by atoms with van der Waals surface area (Å²) in [6, 6.07) is 18.9. The van der Waals surface area contributed by atoms with Gasteiger partial charge in [0.1, 0.15) is 5.82 Å². The van der Waals surface area contributed by atoms with Crippen LogP contribution in [0.1, 0.15) is 15.2 Å². The summed E-state index contributed by atoms with van der Waals surface area (Å²) < 4.78 is 0. The molecule has 0 bridgehead atoms. The van der Waals surface area contributed by atoms with E-state index in [0.29, 0.717) is 9.90 Å². The fourth-order valence-corrected chi connectivity index (χ4v) is 3.66. The predicted octanol–water partition coefficient (Wildman–Crippen LogP) is 6.25. The third-order valence-electron chi connectivity index (χ3n) is 4.12. The number of carbonyl (C=O) groups excluding carboxylic acids is 1. The number of hydrogen-bond donors (Lipinski definition) is 2. The molecule has 0 aliphatic rings. The van der Waals surface area contributed by atoms with Crippen molar-refractivity contribution in [3.8, 4) is 0 Å². The van der Waals surface area contributed by atoms with E-state index in [1.807, 2.05) is 73.0 Å². The van der Waals surface area contributed by atoms with Crippen LogP contribution in [0.2, 0.25) is 5.02 Å². The number of thiophene rings is 1. The van der Waals surface area contributed by atoms with E-state index in [-0.39, 0.29) is 5.91 Å². The molecule has 134 valence electrons. The molecule has 2 aromatic carbocycles. The van der Waals surface area contributed by atoms with Crippen LogP contribution in [0.25, 0.3) is 10.9 Å². The fraction of sp³-hybridized carbons (Fsp3) is 0.0476. The van der Waals surface area contributed by atoms with Crippen molar-refractivity contribution < 1.29 is 4.79 Å². The SMILES string of the molecule is Cc1cc(Nc2cccc(Cl)c2)nc2ccc(NC(=O)c3cccs3)cc12. The topological polar surface area (TPSA) is 54.0 Å². The van der Waals surface area contributed by atoms with Gasteiger partial charge < -0.3 is 10.6 Å². The van der Waals surface area contributed by atoms with Crippen molar-refractivity contribution in [1.29, 1.82) is 0 Å². The quantitative estimate of drug-likeness (QED) is 0.430. The van der Waals surface area contributed by atoms with Crippen molar-refractivity contribution >= 4 is 56.9 Å². The molecule has 0 saturated carbocycles. The Kier molecular flexibility index (Phi) is 4.79. The van der Waals surface area contributed by atoms with Gasteiger partial charge in [-0.15, -0.1) is 11.3 Å². The molecule has 0 radical (unpaired) electrons. The maximum absolute atomic E-state index is 12.2. The maximum atomic E-state index is 12.2. The molecule has 2 N–H and O–H groups in total. The number of anilines is 3. The third kappa shape index (κ3) is 3.94. The minimum absolute atomic E-state index is 0.103. The van der Waals surface area contributed by atoms with E-state index in [1.165, 1.54) is 11.3 Å². The van der Waals surface area contributed by atoms with E-state index < -0.39 is 0 Å². The van der Waals surface area contributed by atoms with Gasteiger partial charge in [-0.25, -0.2) is 4.98 Å². The van der Waals surface area contributed by atoms with Crippen molar-refractivity contribution in [2.75, 3.05) is 10.6 Å². The van der Waals surface area contributed by atoms with Gasteiger partial charge in [0, 0.05) is 21.8 Å². The second-order valence-corrected chi connectivity index (χ2v) is 7.51. The first kappa shape index (κ1) is 17.5. The lowest BCUT2D eigenvalue weighted by atomic mass is 10.1. The van der Waals surface area contributed by atoms with Gasteiger partial charge in [0.2, 0.25) is 0 Å². The van der Waals surface area contributed by atoms with Gasteiger partial charge in [-0.05, 0) is 66.4 Å². The minimum Gasteiger partial charge on any atom is -0.340 e. The average Bonchev–Trinajstić information content (AvgIpc) is 3.17. The van der Waals surface area contributed by atoms with Crippen LogP contribution in [0.4, 0.5) is 17.2 Å². The lowest BCUT2D eigenvalue weighted by Crippen LogP contribution is -2.10. The number of fused-ring (bicyclic) bond motifs is 1. The second kappa shape index (κ2) is 7.39. The normalized spacial score (nSPS) is 10.7. The lowest BCUT2D eigenvalue weighted by molar-refractivity contribution is 0.103. The molecule has 27 heavy (non-hydrogen) atoms. The Morgan fingerprint density at radius 2 is 1.93 bits per heavy atom. The number of nitrogens with zero attached hydrogens (tertiary/aromatic N) is 1. The van der Waals surface area contributed by atoms with Gasteiger partial charge in [0.15, 0.2) is 0 Å². The van der Waals surface area contributed by atoms with Gasteiger partial charge in [0.05, 0.1) is 10.4 Å². The average molecular weight is 394 g/mol. The molecule has 4 rings (SSSR count). The summed E-state index contributed by atoms with van der Waals surface area (Å²) in [6.45, 7) is 2.03. The number of aromatic nitrogens is 1. The van der Waals surface area contributed by atoms with E-state index in [1.54, 1.807) is 0 Å². The van der Waals surface area contributed by atoms with Crippen LogP contribution < -0.4 is 10.6 Å². The number of rotatable bonds is 4. The molecule has 0 saturated heterocycles. The summed E-state index contributed by atoms with van der Waals surface area (Å²) >= 11 is 7.46. The van der Waals surface area contributed by atoms with Crippen molar-refractivity contribution in [2.45, 2.75) is 6.92 Å². The molecule has 4 nitrogen and oxygen atoms in total. The van der Waals surface area contributed by atoms with E-state index in [9.17, 15) is 4.79 Å². The molecule has 6 heteroatoms. The van der Waals surface area contributed by atoms with E-state index in [0.717, 1.165) is 33.7 Å². The molecule has 0 atom stereocenters. The summed E-state index contributed by atoms with van der Waals surface area (Å²) in [5, 5.41) is 9.77. The highest BCUT2D eigenvalue weighted by Crippen LogP contribution is 2.26. The number of benzene rings is 2. The van der Waals surface area contributed by atoms with Crippen molar-refractivity contribution in [3.05, 3.63) is 81.5 Å². The summed E-state index contributed by atoms with van der Waals surface area (Å²) in [5.41, 5.74) is 3.56. The predicted molar refractivity (Wildman–Crippen MR) is 113 cm³/mol. The van der Waals surface area contributed by atoms with Crippen LogP contribution >= 0.6 is 22.9 Å². The standard InChI is InChI=1S/C21H16ClN3OS/c1-13-10-20(23-15-5-2-4-14(22)11-15)25-18-8-7-16(12-17(13)18)24-21(26)19-6-3-9-27-19/h2-12H,1H3,(H,23,25)(H,24,26). The molecule has 2 heterocycles. The van der Waals surface area contributed by atoms with Crippen molar-refractivity contribution in [1.82, 2.24) is 4.98 Å². The van der Waals surface area contributed by atoms with Crippen LogP contribution in [0.15, 0.2) is 66.0 Å². The van der Waals surface area contributed by atoms with E-state index >= 15 is 0 Å². The number of amides is 1. The van der Waals surface area contributed by atoms with Gasteiger partial charge in [-0.1, -0.05) is 23.7 Å². The van der Waals surface area contributed by atoms with Crippen LogP contribution in [-0.4, -0.2) is 10.9 Å². The first-order valence-corrected chi connectivity index (χ1v) is 9.63. The minimum atomic E-state index is -0.103. The van der Waals surface area contributed by atoms with Crippen molar-refractivity contribution in [2.24, 2.45) is 0 Å². The van der Waals surface area contributed by atoms with Crippen LogP contribution in [0.3, 0.4) is 0 Å². The van der Waals surface area contributed by atoms with Crippen molar-refractivity contribution in [3.63, 3.8) is 0 Å². The molecular formula is C21H16ClN3OS. The Morgan fingerprint density at radius 3 is 2.70 bits per heavy atom. The highest BCUT2D eigenvalue weighted by atomic mass is 35.5. The second-order valence-electron chi connectivity index (χ2n) is 6.12. The van der Waals surface area contributed by atoms with Gasteiger partial charge in [0.25, 0.3) is 5.91 Å². The molecule has 0 aliphatic heterocycles. The monoisotopic (exact) mass is 393 g/mol. The lowest BCUT2D eigenvalue weighted by Gasteiger charge is -2.11. The smallest absolute Gasteiger partial charge is 0.265 e. The number of carbonyl (C=O) groups is 1. The number of aryl methyl sites for hydroxylation is 1. The highest BCUT2D eigenvalue weighted by molar-refractivity contribution is 7.12. The van der Waals surface area contributed by atoms with Crippen LogP contribution in [0, 0.1) is 6.92 Å². The summed E-state index contributed by atoms with van der Waals surface area (Å²) in [7, 11) is 0. The summed E-state index contributed by atoms with van der Waals surface area (Å²) in [5.74, 6) is 0.645. The molecule has 0 aliphatic carbocycles. The highest BCUT2D eigenvalue weighted by Gasteiger charge is 2.09. The number of halogens is 1. The van der Waals surface area contributed by atoms with Gasteiger partial charge >= 0.3 is 0 Å². The Morgan fingerprint density at radius 1 is 1.04 bits per heavy atom. The summed E-state index contributed by atoms with van der Waals surface area (Å²) in [4.78, 5) is 17.6. The van der Waals surface area contributed by atoms with Gasteiger partial charge in [-0.3, -0.25) is 4.79 Å². The zero-order valence-electron chi connectivity index (χ0n) is 14.5. The Bertz CT molecular complexity index is 1130. The Hall–Kier alpha value is -2.89. The first-order chi connectivity index (χ1) is 13.1. The van der Waals surface area contributed by atoms with E-state index in [4.69, 9.17) is 11.6 Å². The number of pyridine rings is 1. The number of hydrogen-bond acceptors (Lipinski definition) is 4. The summed E-state index contributed by atoms with van der Waals surface area (Å²) in [6.07, 6.45) is 0. The molecule has 0 unspecified atom stereocenters. The largest absolute Gasteiger partial charge is 0.340 e. The first-order valence-electron chi connectivity index (χ1n) is 8.37. The Balaban J connectivity index is 1.61. The van der Waals surface area contributed by atoms with E-state index in [2.05, 4.69) is 15.6 Å².